The molecule has 0 aromatic heterocycles. The molecule has 3 aromatic carbocycles. The van der Waals surface area contributed by atoms with Crippen LogP contribution < -0.4 is 9.62 Å². The number of nitrogens with one attached hydrogen (secondary N) is 1. The second kappa shape index (κ2) is 12.4. The van der Waals surface area contributed by atoms with E-state index in [1.165, 1.54) is 0 Å². The van der Waals surface area contributed by atoms with Crippen LogP contribution in [-0.4, -0.2) is 49.0 Å². The van der Waals surface area contributed by atoms with Crippen molar-refractivity contribution in [3.63, 3.8) is 0 Å². The lowest BCUT2D eigenvalue weighted by atomic mass is 9.75. The number of carbonyl (C=O) groups is 1. The number of hydrogen-bond donors (Lipinski definition) is 3. The molecule has 254 valence electrons. The Hall–Kier alpha value is -3.69. The molecule has 1 aliphatic carbocycles. The molecule has 1 unspecified atom stereocenters. The summed E-state index contributed by atoms with van der Waals surface area (Å²) in [6, 6.07) is 12.0. The number of aliphatic hydroxyl groups is 2. The lowest BCUT2D eigenvalue weighted by Crippen LogP contribution is -2.54. The first-order valence-electron chi connectivity index (χ1n) is 14.8. The summed E-state index contributed by atoms with van der Waals surface area (Å²) >= 11 is 0. The normalized spacial score (nSPS) is 22.4. The second-order valence-electron chi connectivity index (χ2n) is 11.9. The van der Waals surface area contributed by atoms with Crippen LogP contribution in [0.2, 0.25) is 0 Å². The Bertz CT molecular complexity index is 1700. The fraction of sp³-hybridized carbons (Fsp3) is 0.406. The highest BCUT2D eigenvalue weighted by Crippen LogP contribution is 2.51. The van der Waals surface area contributed by atoms with Gasteiger partial charge in [0.05, 0.1) is 22.7 Å². The highest BCUT2D eigenvalue weighted by atomic mass is 32.2. The minimum Gasteiger partial charge on any atom is -0.383 e. The molecule has 1 fully saturated rings. The number of anilines is 1. The van der Waals surface area contributed by atoms with Crippen molar-refractivity contribution >= 4 is 21.6 Å². The second-order valence-corrected chi connectivity index (χ2v) is 13.7. The van der Waals surface area contributed by atoms with Gasteiger partial charge in [-0.3, -0.25) is 9.10 Å². The minimum absolute atomic E-state index is 0.200. The maximum atomic E-state index is 14.0. The van der Waals surface area contributed by atoms with Crippen molar-refractivity contribution in [2.45, 2.75) is 85.5 Å². The summed E-state index contributed by atoms with van der Waals surface area (Å²) in [5.74, 6) is -1.40. The molecule has 3 N–H and O–H groups in total. The maximum absolute atomic E-state index is 14.0. The molecule has 2 aliphatic rings. The first kappa shape index (κ1) is 34.6. The summed E-state index contributed by atoms with van der Waals surface area (Å²) in [5.41, 5.74) is -8.15. The number of alkyl halides is 6. The Morgan fingerprint density at radius 3 is 2.17 bits per heavy atom. The zero-order chi connectivity index (χ0) is 34.4. The number of hydrogen-bond acceptors (Lipinski definition) is 5. The molecule has 3 atom stereocenters. The molecule has 3 aromatic rings. The first-order valence-corrected chi connectivity index (χ1v) is 16.2. The molecule has 1 aliphatic heterocycles. The number of nitrogens with zero attached hydrogens (tertiary/aromatic N) is 1. The molecular weight excluding hydrogens is 657 g/mol. The fourth-order valence-corrected chi connectivity index (χ4v) is 8.18. The van der Waals surface area contributed by atoms with Crippen LogP contribution in [0.3, 0.4) is 0 Å². The van der Waals surface area contributed by atoms with Crippen molar-refractivity contribution in [1.82, 2.24) is 5.32 Å². The number of halogens is 7. The number of amides is 1. The van der Waals surface area contributed by atoms with E-state index in [1.54, 1.807) is 30.3 Å². The van der Waals surface area contributed by atoms with E-state index in [-0.39, 0.29) is 24.1 Å². The van der Waals surface area contributed by atoms with Gasteiger partial charge < -0.3 is 15.5 Å². The van der Waals surface area contributed by atoms with E-state index < -0.39 is 74.3 Å². The van der Waals surface area contributed by atoms with Crippen LogP contribution in [0.1, 0.15) is 55.2 Å². The van der Waals surface area contributed by atoms with Gasteiger partial charge in [-0.25, -0.2) is 12.8 Å². The largest absolute Gasteiger partial charge is 0.430 e. The van der Waals surface area contributed by atoms with E-state index in [2.05, 4.69) is 5.32 Å². The average molecular weight is 689 g/mol. The molecule has 0 bridgehead atoms. The third-order valence-electron chi connectivity index (χ3n) is 8.91. The highest BCUT2D eigenvalue weighted by Gasteiger charge is 2.71. The van der Waals surface area contributed by atoms with Crippen LogP contribution in [0, 0.1) is 5.82 Å². The van der Waals surface area contributed by atoms with Crippen LogP contribution in [0.25, 0.3) is 0 Å². The molecule has 0 saturated heterocycles. The van der Waals surface area contributed by atoms with Gasteiger partial charge in [-0.2, -0.15) is 26.3 Å². The summed E-state index contributed by atoms with van der Waals surface area (Å²) in [6.45, 7) is 0. The van der Waals surface area contributed by atoms with Gasteiger partial charge in [0.25, 0.3) is 15.6 Å². The zero-order valence-corrected chi connectivity index (χ0v) is 25.5. The van der Waals surface area contributed by atoms with E-state index in [1.807, 2.05) is 0 Å². The third kappa shape index (κ3) is 6.32. The van der Waals surface area contributed by atoms with Crippen LogP contribution in [0.5, 0.6) is 0 Å². The van der Waals surface area contributed by atoms with Crippen molar-refractivity contribution in [3.8, 4) is 0 Å². The molecule has 1 heterocycles. The predicted molar refractivity (Wildman–Crippen MR) is 156 cm³/mol. The smallest absolute Gasteiger partial charge is 0.383 e. The quantitative estimate of drug-likeness (QED) is 0.265. The van der Waals surface area contributed by atoms with Gasteiger partial charge in [-0.15, -0.1) is 0 Å². The van der Waals surface area contributed by atoms with Gasteiger partial charge in [0.15, 0.2) is 0 Å². The van der Waals surface area contributed by atoms with Gasteiger partial charge in [-0.05, 0) is 67.1 Å². The van der Waals surface area contributed by atoms with E-state index in [9.17, 15) is 54.2 Å². The molecule has 7 nitrogen and oxygen atoms in total. The summed E-state index contributed by atoms with van der Waals surface area (Å²) in [6.07, 6.45) is -11.1. The number of rotatable bonds is 7. The molecule has 5 rings (SSSR count). The third-order valence-corrected chi connectivity index (χ3v) is 10.8. The lowest BCUT2D eigenvalue weighted by molar-refractivity contribution is -0.376. The van der Waals surface area contributed by atoms with E-state index in [0.29, 0.717) is 43.4 Å². The van der Waals surface area contributed by atoms with Crippen LogP contribution in [0.15, 0.2) is 77.7 Å². The van der Waals surface area contributed by atoms with Gasteiger partial charge in [0, 0.05) is 12.0 Å². The fourth-order valence-electron chi connectivity index (χ4n) is 6.47. The van der Waals surface area contributed by atoms with E-state index >= 15 is 0 Å². The maximum Gasteiger partial charge on any atom is 0.430 e. The minimum atomic E-state index is -6.16. The highest BCUT2D eigenvalue weighted by molar-refractivity contribution is 7.92. The van der Waals surface area contributed by atoms with Gasteiger partial charge in [-0.1, -0.05) is 55.3 Å². The average Bonchev–Trinajstić information content (AvgIpc) is 3.01. The summed E-state index contributed by atoms with van der Waals surface area (Å²) in [7, 11) is -4.66. The molecular formula is C32H31F7N2O5S. The Morgan fingerprint density at radius 2 is 1.55 bits per heavy atom. The van der Waals surface area contributed by atoms with Gasteiger partial charge in [0.1, 0.15) is 11.4 Å². The van der Waals surface area contributed by atoms with Crippen molar-refractivity contribution in [1.29, 1.82) is 0 Å². The van der Waals surface area contributed by atoms with E-state index in [0.717, 1.165) is 34.6 Å². The molecule has 0 spiro atoms. The Kier molecular flexibility index (Phi) is 9.14. The monoisotopic (exact) mass is 688 g/mol. The molecule has 0 radical (unpaired) electrons. The number of carbonyl (C=O) groups excluding carboxylic acids is 1. The summed E-state index contributed by atoms with van der Waals surface area (Å²) in [5, 5.41) is 24.4. The van der Waals surface area contributed by atoms with Crippen molar-refractivity contribution in [3.05, 3.63) is 95.3 Å². The van der Waals surface area contributed by atoms with Crippen molar-refractivity contribution in [2.24, 2.45) is 0 Å². The standard InChI is InChI=1S/C32H31F7N2O5S/c33-23-11-14-25(15-12-23)47(45,46)41-24(19-28(42)40-27-8-4-5-17-29(27,43)21-6-2-1-3-7-21)13-9-20-18-22(10-16-26(20)41)30(44,31(34,35)36)32(37,38)39/h1-3,6-7,10-12,14-16,18,24,27,43-44H,4-5,8-9,13,17,19H2,(H,40,42)/t24-,27-,29?/m0/s1. The van der Waals surface area contributed by atoms with Gasteiger partial charge >= 0.3 is 12.4 Å². The summed E-state index contributed by atoms with van der Waals surface area (Å²) < 4.78 is 124. The predicted octanol–water partition coefficient (Wildman–Crippen LogP) is 5.98. The van der Waals surface area contributed by atoms with E-state index in [4.69, 9.17) is 0 Å². The number of aryl methyl sites for hydroxylation is 1. The molecule has 1 amide bonds. The van der Waals surface area contributed by atoms with Crippen LogP contribution >= 0.6 is 0 Å². The molecule has 1 saturated carbocycles. The Labute approximate surface area is 266 Å². The van der Waals surface area contributed by atoms with Crippen LogP contribution in [0.4, 0.5) is 36.4 Å². The Balaban J connectivity index is 1.51. The SMILES string of the molecule is O=C(C[C@@H]1CCc2cc(C(O)(C(F)(F)F)C(F)(F)F)ccc2N1S(=O)(=O)c1ccc(F)cc1)N[C@H]1CCCCC1(O)c1ccccc1. The van der Waals surface area contributed by atoms with Crippen LogP contribution in [-0.2, 0) is 32.4 Å². The zero-order valence-electron chi connectivity index (χ0n) is 24.7. The molecule has 47 heavy (non-hydrogen) atoms. The lowest BCUT2D eigenvalue weighted by Gasteiger charge is -2.42. The van der Waals surface area contributed by atoms with Gasteiger partial charge in [0.2, 0.25) is 5.91 Å². The molecule has 15 heteroatoms. The first-order chi connectivity index (χ1) is 21.9. The number of fused-ring (bicyclic) bond motifs is 1. The number of sulfonamides is 1. The topological polar surface area (TPSA) is 107 Å². The Morgan fingerprint density at radius 1 is 0.915 bits per heavy atom. The van der Waals surface area contributed by atoms with Crippen molar-refractivity contribution in [2.75, 3.05) is 4.31 Å². The summed E-state index contributed by atoms with van der Waals surface area (Å²) in [4.78, 5) is 13.1. The number of benzene rings is 3. The van der Waals surface area contributed by atoms with Crippen molar-refractivity contribution < 1.29 is 54.2 Å².